The van der Waals surface area contributed by atoms with Crippen molar-refractivity contribution in [3.63, 3.8) is 0 Å². The van der Waals surface area contributed by atoms with E-state index in [0.29, 0.717) is 10.8 Å². The van der Waals surface area contributed by atoms with Gasteiger partial charge in [-0.15, -0.1) is 0 Å². The molecule has 0 unspecified atom stereocenters. The summed E-state index contributed by atoms with van der Waals surface area (Å²) < 4.78 is 38.1. The van der Waals surface area contributed by atoms with Crippen molar-refractivity contribution in [2.45, 2.75) is 117 Å². The van der Waals surface area contributed by atoms with Crippen LogP contribution in [-0.4, -0.2) is 8.42 Å². The third kappa shape index (κ3) is 7.19. The maximum atomic E-state index is 14.7. The van der Waals surface area contributed by atoms with Crippen LogP contribution in [0.4, 0.5) is 0 Å². The van der Waals surface area contributed by atoms with Gasteiger partial charge in [0.15, 0.2) is 0 Å². The third-order valence-corrected chi connectivity index (χ3v) is 15.0. The summed E-state index contributed by atoms with van der Waals surface area (Å²) in [5, 5.41) is 0. The van der Waals surface area contributed by atoms with E-state index >= 15 is 0 Å². The fourth-order valence-corrected chi connectivity index (χ4v) is 14.3. The van der Waals surface area contributed by atoms with Gasteiger partial charge in [-0.3, -0.25) is 0 Å². The summed E-state index contributed by atoms with van der Waals surface area (Å²) in [5.41, 5.74) is 4.81. The number of rotatable bonds is 8. The van der Waals surface area contributed by atoms with Crippen molar-refractivity contribution >= 4 is 30.4 Å². The minimum absolute atomic E-state index is 0.0375. The van der Waals surface area contributed by atoms with Gasteiger partial charge in [-0.2, -0.15) is 0 Å². The van der Waals surface area contributed by atoms with Crippen LogP contribution >= 0.6 is 20.2 Å². The monoisotopic (exact) mass is 676 g/mol. The van der Waals surface area contributed by atoms with E-state index in [4.69, 9.17) is 2.51 Å². The molecule has 3 aromatic carbocycles. The molecule has 0 N–H and O–H groups in total. The van der Waals surface area contributed by atoms with E-state index in [-0.39, 0.29) is 22.7 Å². The quantitative estimate of drug-likeness (QED) is 0.223. The molecule has 0 amide bonds. The normalized spacial score (nSPS) is 13.4. The Morgan fingerprint density at radius 1 is 0.625 bits per heavy atom. The van der Waals surface area contributed by atoms with E-state index in [1.54, 1.807) is 0 Å². The van der Waals surface area contributed by atoms with Gasteiger partial charge < -0.3 is 0 Å². The van der Waals surface area contributed by atoms with Crippen LogP contribution in [0.2, 0.25) is 0 Å². The van der Waals surface area contributed by atoms with Gasteiger partial charge in [0.1, 0.15) is 0 Å². The zero-order valence-corrected chi connectivity index (χ0v) is 29.5. The summed E-state index contributed by atoms with van der Waals surface area (Å²) >= 11 is -3.00. The topological polar surface area (TPSA) is 43.4 Å². The van der Waals surface area contributed by atoms with Crippen LogP contribution in [0.25, 0.3) is 0 Å². The maximum absolute atomic E-state index is 14.7. The van der Waals surface area contributed by atoms with Gasteiger partial charge >= 0.3 is 253 Å². The van der Waals surface area contributed by atoms with Crippen LogP contribution in [0.15, 0.2) is 65.6 Å². The molecule has 0 saturated carbocycles. The van der Waals surface area contributed by atoms with Gasteiger partial charge in [0.25, 0.3) is 0 Å². The summed E-state index contributed by atoms with van der Waals surface area (Å²) in [5.74, 6) is 0.374. The van der Waals surface area contributed by atoms with E-state index < -0.39 is 30.4 Å². The molecule has 3 nitrogen and oxygen atoms in total. The number of hydrogen-bond donors (Lipinski definition) is 0. The third-order valence-electron chi connectivity index (χ3n) is 7.21. The standard InChI is InChI=1S/C35H49IO3S/c1-23(2)26-21-27(24(3)4)33(28(22-26)25(5)6)40(37,38)39-36(31-19-15-13-17-29(31)34(7,8)9)32-20-16-14-18-30(32)35(10,11)12/h13-25H,1-12H3. The molecule has 0 aliphatic rings. The first kappa shape index (κ1) is 32.8. The van der Waals surface area contributed by atoms with Crippen LogP contribution < -0.4 is 0 Å². The van der Waals surface area contributed by atoms with Crippen molar-refractivity contribution in [3.05, 3.63) is 95.6 Å². The molecule has 40 heavy (non-hydrogen) atoms. The Bertz CT molecular complexity index is 1350. The van der Waals surface area contributed by atoms with E-state index in [9.17, 15) is 8.42 Å². The molecule has 0 aliphatic carbocycles. The van der Waals surface area contributed by atoms with Gasteiger partial charge in [0.2, 0.25) is 0 Å². The minimum atomic E-state index is -4.10. The molecule has 0 heterocycles. The number of halogens is 1. The zero-order valence-electron chi connectivity index (χ0n) is 26.5. The SMILES string of the molecule is CC(C)c1cc(C(C)C)c(S(=O)(=O)OI(c2ccccc2C(C)(C)C)c2ccccc2C(C)(C)C)c(C(C)C)c1. The molecule has 0 aromatic heterocycles. The second-order valence-electron chi connectivity index (χ2n) is 13.7. The van der Waals surface area contributed by atoms with Crippen molar-refractivity contribution in [1.29, 1.82) is 0 Å². The summed E-state index contributed by atoms with van der Waals surface area (Å²) in [6.45, 7) is 25.7. The molecule has 0 bridgehead atoms. The van der Waals surface area contributed by atoms with Crippen LogP contribution in [0, 0.1) is 7.14 Å². The molecule has 3 rings (SSSR count). The average molecular weight is 677 g/mol. The second-order valence-corrected chi connectivity index (χ2v) is 20.0. The van der Waals surface area contributed by atoms with Crippen LogP contribution in [0.5, 0.6) is 0 Å². The van der Waals surface area contributed by atoms with Gasteiger partial charge in [-0.05, 0) is 0 Å². The van der Waals surface area contributed by atoms with Crippen molar-refractivity contribution in [1.82, 2.24) is 0 Å². The predicted octanol–water partition coefficient (Wildman–Crippen LogP) is 10.5. The zero-order chi connectivity index (χ0) is 30.2. The van der Waals surface area contributed by atoms with E-state index in [0.717, 1.165) is 35.0 Å². The Morgan fingerprint density at radius 3 is 1.32 bits per heavy atom. The molecule has 0 fully saturated rings. The molecule has 5 heteroatoms. The van der Waals surface area contributed by atoms with Crippen molar-refractivity contribution in [2.75, 3.05) is 0 Å². The fourth-order valence-electron chi connectivity index (χ4n) is 4.91. The van der Waals surface area contributed by atoms with Gasteiger partial charge in [0, 0.05) is 0 Å². The first-order valence-electron chi connectivity index (χ1n) is 14.4. The van der Waals surface area contributed by atoms with Crippen LogP contribution in [0.1, 0.15) is 129 Å². The Kier molecular flexibility index (Phi) is 10.1. The Morgan fingerprint density at radius 2 is 1.00 bits per heavy atom. The van der Waals surface area contributed by atoms with Crippen molar-refractivity contribution in [3.8, 4) is 0 Å². The van der Waals surface area contributed by atoms with Crippen molar-refractivity contribution in [2.24, 2.45) is 0 Å². The van der Waals surface area contributed by atoms with E-state index in [1.165, 1.54) is 0 Å². The van der Waals surface area contributed by atoms with E-state index in [1.807, 2.05) is 24.3 Å². The molecular formula is C35H49IO3S. The van der Waals surface area contributed by atoms with Gasteiger partial charge in [-0.25, -0.2) is 0 Å². The first-order valence-corrected chi connectivity index (χ1v) is 18.8. The predicted molar refractivity (Wildman–Crippen MR) is 179 cm³/mol. The summed E-state index contributed by atoms with van der Waals surface area (Å²) in [6.07, 6.45) is 0. The number of hydrogen-bond acceptors (Lipinski definition) is 3. The Hall–Kier alpha value is -1.70. The fraction of sp³-hybridized carbons (Fsp3) is 0.486. The second kappa shape index (κ2) is 12.3. The summed E-state index contributed by atoms with van der Waals surface area (Å²) in [4.78, 5) is 0.366. The molecule has 0 atom stereocenters. The summed E-state index contributed by atoms with van der Waals surface area (Å²) in [7, 11) is -4.10. The summed E-state index contributed by atoms with van der Waals surface area (Å²) in [6, 6.07) is 20.7. The first-order chi connectivity index (χ1) is 18.4. The Balaban J connectivity index is 2.39. The van der Waals surface area contributed by atoms with E-state index in [2.05, 4.69) is 119 Å². The molecule has 3 aromatic rings. The van der Waals surface area contributed by atoms with Gasteiger partial charge in [0.05, 0.1) is 0 Å². The van der Waals surface area contributed by atoms with Crippen LogP contribution in [-0.2, 0) is 23.5 Å². The Labute approximate surface area is 252 Å². The average Bonchev–Trinajstić information content (AvgIpc) is 2.85. The van der Waals surface area contributed by atoms with Gasteiger partial charge in [-0.1, -0.05) is 0 Å². The molecule has 0 aliphatic heterocycles. The molecule has 220 valence electrons. The molecule has 0 saturated heterocycles. The number of benzene rings is 3. The van der Waals surface area contributed by atoms with Crippen LogP contribution in [0.3, 0.4) is 0 Å². The molecular weight excluding hydrogens is 627 g/mol. The van der Waals surface area contributed by atoms with Crippen molar-refractivity contribution < 1.29 is 10.9 Å². The molecule has 0 spiro atoms. The molecule has 0 radical (unpaired) electrons.